The lowest BCUT2D eigenvalue weighted by atomic mass is 9.96. The molecule has 0 fully saturated rings. The number of benzene rings is 2. The largest absolute Gasteiger partial charge is 0.560 e. The Morgan fingerprint density at radius 2 is 1.85 bits per heavy atom. The molecule has 0 radical (unpaired) electrons. The van der Waals surface area contributed by atoms with Crippen LogP contribution in [0.3, 0.4) is 0 Å². The summed E-state index contributed by atoms with van der Waals surface area (Å²) in [6.07, 6.45) is 1.45. The number of unbranched alkanes of at least 4 members (excludes halogenated alkanes) is 2. The van der Waals surface area contributed by atoms with E-state index in [2.05, 4.69) is 30.5 Å². The van der Waals surface area contributed by atoms with E-state index in [-0.39, 0.29) is 30.6 Å². The second-order valence-electron chi connectivity index (χ2n) is 10.7. The van der Waals surface area contributed by atoms with Crippen molar-refractivity contribution in [1.82, 2.24) is 20.6 Å². The number of nitrogens with zero attached hydrogens (tertiary/aromatic N) is 6. The molecule has 3 aromatic rings. The summed E-state index contributed by atoms with van der Waals surface area (Å²) in [4.78, 5) is 52.3. The lowest BCUT2D eigenvalue weighted by molar-refractivity contribution is -0.995. The molecule has 1 aliphatic rings. The molecule has 0 saturated carbocycles. The number of amidine groups is 1. The molecular formula is C31H37ClN7O8+. The molecule has 1 N–H and O–H groups in total. The zero-order chi connectivity index (χ0) is 33.8. The number of nitrogens with one attached hydrogen (secondary N) is 1. The molecule has 16 heteroatoms. The highest BCUT2D eigenvalue weighted by Gasteiger charge is 2.55. The summed E-state index contributed by atoms with van der Waals surface area (Å²) in [6.45, 7) is 5.17. The minimum Gasteiger partial charge on any atom is -0.458 e. The van der Waals surface area contributed by atoms with Crippen LogP contribution in [0, 0.1) is 10.1 Å². The highest BCUT2D eigenvalue weighted by atomic mass is 35.5. The zero-order valence-electron chi connectivity index (χ0n) is 26.4. The summed E-state index contributed by atoms with van der Waals surface area (Å²) in [5.41, 5.74) is 2.93. The Bertz CT molecular complexity index is 1600. The van der Waals surface area contributed by atoms with Crippen molar-refractivity contribution < 1.29 is 38.5 Å². The van der Waals surface area contributed by atoms with E-state index in [1.165, 1.54) is 0 Å². The molecule has 250 valence electrons. The Labute approximate surface area is 276 Å². The van der Waals surface area contributed by atoms with Gasteiger partial charge in [0.15, 0.2) is 12.4 Å². The Morgan fingerprint density at radius 1 is 1.06 bits per heavy atom. The summed E-state index contributed by atoms with van der Waals surface area (Å²) in [6, 6.07) is 15.3. The lowest BCUT2D eigenvalue weighted by Gasteiger charge is -2.31. The third kappa shape index (κ3) is 8.89. The van der Waals surface area contributed by atoms with Crippen molar-refractivity contribution in [1.29, 1.82) is 0 Å². The van der Waals surface area contributed by atoms with E-state index in [0.29, 0.717) is 54.9 Å². The van der Waals surface area contributed by atoms with Gasteiger partial charge < -0.3 is 14.3 Å². The topological polar surface area (TPSA) is 181 Å². The van der Waals surface area contributed by atoms with E-state index >= 15 is 0 Å². The Kier molecular flexibility index (Phi) is 12.4. The van der Waals surface area contributed by atoms with Crippen LogP contribution in [-0.2, 0) is 30.5 Å². The molecule has 1 unspecified atom stereocenters. The van der Waals surface area contributed by atoms with Gasteiger partial charge in [-0.25, -0.2) is 14.7 Å². The van der Waals surface area contributed by atoms with Crippen LogP contribution in [-0.4, -0.2) is 67.6 Å². The number of aromatic nitrogens is 4. The number of hydroxylamine groups is 3. The molecule has 2 aromatic carbocycles. The lowest BCUT2D eigenvalue weighted by Crippen LogP contribution is -2.52. The molecule has 4 rings (SSSR count). The molecule has 1 aliphatic heterocycles. The fourth-order valence-electron chi connectivity index (χ4n) is 5.16. The first-order valence-electron chi connectivity index (χ1n) is 15.3. The molecule has 0 bridgehead atoms. The van der Waals surface area contributed by atoms with E-state index in [0.717, 1.165) is 17.5 Å². The van der Waals surface area contributed by atoms with Crippen molar-refractivity contribution in [3.8, 4) is 22.5 Å². The smallest absolute Gasteiger partial charge is 0.458 e. The maximum absolute atomic E-state index is 13.4. The predicted octanol–water partition coefficient (Wildman–Crippen LogP) is 6.26. The van der Waals surface area contributed by atoms with E-state index in [9.17, 15) is 19.7 Å². The summed E-state index contributed by atoms with van der Waals surface area (Å²) in [5, 5.41) is 24.0. The molecule has 0 spiro atoms. The van der Waals surface area contributed by atoms with E-state index < -0.39 is 28.0 Å². The first kappa shape index (κ1) is 35.0. The predicted molar refractivity (Wildman–Crippen MR) is 169 cm³/mol. The number of aliphatic imine (C=N–C) groups is 1. The van der Waals surface area contributed by atoms with Gasteiger partial charge in [0.1, 0.15) is 6.10 Å². The molecule has 0 saturated heterocycles. The van der Waals surface area contributed by atoms with Crippen molar-refractivity contribution >= 4 is 29.6 Å². The number of halogens is 1. The molecule has 2 heterocycles. The molecular weight excluding hydrogens is 634 g/mol. The number of H-pyrrole nitrogens is 1. The van der Waals surface area contributed by atoms with Crippen LogP contribution in [0.1, 0.15) is 64.9 Å². The second-order valence-corrected chi connectivity index (χ2v) is 11.1. The Hall–Kier alpha value is -4.89. The van der Waals surface area contributed by atoms with Crippen molar-refractivity contribution in [2.75, 3.05) is 13.2 Å². The third-order valence-corrected chi connectivity index (χ3v) is 7.58. The maximum Gasteiger partial charge on any atom is 0.560 e. The molecule has 0 aliphatic carbocycles. The van der Waals surface area contributed by atoms with Gasteiger partial charge in [-0.05, 0) is 71.8 Å². The number of aromatic amines is 1. The highest BCUT2D eigenvalue weighted by Crippen LogP contribution is 2.39. The number of ether oxygens (including phenoxy) is 2. The molecule has 47 heavy (non-hydrogen) atoms. The van der Waals surface area contributed by atoms with Crippen molar-refractivity contribution in [3.63, 3.8) is 0 Å². The van der Waals surface area contributed by atoms with Crippen molar-refractivity contribution in [3.05, 3.63) is 75.1 Å². The zero-order valence-corrected chi connectivity index (χ0v) is 27.1. The molecule has 0 amide bonds. The summed E-state index contributed by atoms with van der Waals surface area (Å²) >= 11 is 6.60. The van der Waals surface area contributed by atoms with Crippen LogP contribution < -0.4 is 0 Å². The number of hydrogen-bond acceptors (Lipinski definition) is 12. The Balaban J connectivity index is 1.68. The van der Waals surface area contributed by atoms with Gasteiger partial charge >= 0.3 is 17.8 Å². The number of esters is 1. The van der Waals surface area contributed by atoms with Gasteiger partial charge in [-0.3, -0.25) is 0 Å². The molecule has 2 atom stereocenters. The first-order chi connectivity index (χ1) is 22.7. The highest BCUT2D eigenvalue weighted by molar-refractivity contribution is 6.32. The van der Waals surface area contributed by atoms with E-state index in [1.807, 2.05) is 55.5 Å². The van der Waals surface area contributed by atoms with E-state index in [4.69, 9.17) is 25.9 Å². The number of quaternary nitrogens is 1. The number of carbonyl (C=O) groups excluding carboxylic acids is 2. The van der Waals surface area contributed by atoms with Crippen LogP contribution in [0.25, 0.3) is 22.5 Å². The average Bonchev–Trinajstić information content (AvgIpc) is 3.66. The fourth-order valence-corrected chi connectivity index (χ4v) is 5.47. The monoisotopic (exact) mass is 670 g/mol. The molecule has 1 aromatic heterocycles. The van der Waals surface area contributed by atoms with Gasteiger partial charge in [0, 0.05) is 17.5 Å². The first-order valence-corrected chi connectivity index (χ1v) is 15.7. The standard InChI is InChI=1S/C31H37ClN7O8/c1-4-6-15-26-33-28(32)27(30(40)44-5-2)39(26,47-31(41)45-18-11-10-12-21(3)46-38(42)43)20-22-16-17-24(23-13-8-7-9-14-23)25(19-22)29-34-36-37-35-29/h7-9,13-14,16-17,19,21H,4-6,10-12,15,18,20H2,1-3H3,(H,34,35,36,37)/q+1/t21-,39?/m1/s1. The van der Waals surface area contributed by atoms with Crippen LogP contribution in [0.4, 0.5) is 4.79 Å². The minimum absolute atomic E-state index is 0.0357. The van der Waals surface area contributed by atoms with Gasteiger partial charge in [0.25, 0.3) is 10.9 Å². The third-order valence-electron chi connectivity index (χ3n) is 7.32. The van der Waals surface area contributed by atoms with Gasteiger partial charge in [-0.1, -0.05) is 67.4 Å². The van der Waals surface area contributed by atoms with Crippen LogP contribution in [0.15, 0.2) is 64.4 Å². The summed E-state index contributed by atoms with van der Waals surface area (Å²) in [5.74, 6) is -0.0467. The van der Waals surface area contributed by atoms with Gasteiger partial charge in [0.05, 0.1) is 13.2 Å². The van der Waals surface area contributed by atoms with E-state index in [1.54, 1.807) is 13.8 Å². The Morgan fingerprint density at radius 3 is 2.53 bits per heavy atom. The van der Waals surface area contributed by atoms with Crippen molar-refractivity contribution in [2.45, 2.75) is 71.9 Å². The molecule has 15 nitrogen and oxygen atoms in total. The normalized spacial score (nSPS) is 16.4. The summed E-state index contributed by atoms with van der Waals surface area (Å²) < 4.78 is 9.97. The second kappa shape index (κ2) is 16.6. The average molecular weight is 671 g/mol. The van der Waals surface area contributed by atoms with Gasteiger partial charge in [-0.15, -0.1) is 15.2 Å². The van der Waals surface area contributed by atoms with Crippen molar-refractivity contribution in [2.24, 2.45) is 4.99 Å². The number of hydrogen-bond donors (Lipinski definition) is 1. The quantitative estimate of drug-likeness (QED) is 0.0427. The SMILES string of the molecule is CCCCC1=NC(Cl)=C(C(=O)OCC)[N+]1(Cc1ccc(-c2ccccc2)c(-c2nnn[nH]2)c1)OC(=O)OCCCC[C@@H](C)O[N+](=O)[O-]. The van der Waals surface area contributed by atoms with Crippen LogP contribution >= 0.6 is 11.6 Å². The summed E-state index contributed by atoms with van der Waals surface area (Å²) in [7, 11) is 0. The maximum atomic E-state index is 13.4. The number of carbonyl (C=O) groups is 2. The van der Waals surface area contributed by atoms with Crippen LogP contribution in [0.5, 0.6) is 0 Å². The fraction of sp³-hybridized carbons (Fsp3) is 0.419. The van der Waals surface area contributed by atoms with Crippen LogP contribution in [0.2, 0.25) is 0 Å². The van der Waals surface area contributed by atoms with Gasteiger partial charge in [0.2, 0.25) is 5.16 Å². The van der Waals surface area contributed by atoms with Gasteiger partial charge in [-0.2, -0.15) is 9.79 Å². The number of rotatable bonds is 17. The minimum atomic E-state index is -1.06. The number of tetrazole rings is 1.